The number of esters is 4. The van der Waals surface area contributed by atoms with E-state index < -0.39 is 35.7 Å². The minimum Gasteiger partial charge on any atom is -0.465 e. The van der Waals surface area contributed by atoms with E-state index >= 15 is 0 Å². The monoisotopic (exact) mass is 1080 g/mol. The standard InChI is InChI=1S/C36H40I3N5O10/c1-5-51-25(45)17-43(18-26(46)52-6-2)23-13-9-21(10-14-23)41-35(49)29-31(37)30(33(39)34(40)32(29)38)36(50)42-22-11-15-24(16-12-22)44(19-27(47)53-7-3)20-28(48)54-8-4/h9-16H,5-8,17-20,40H2,1-4H3,(H,41,49)(H,42,50). The first-order valence-corrected chi connectivity index (χ1v) is 19.9. The number of hydrogen-bond donors (Lipinski definition) is 3. The fourth-order valence-corrected chi connectivity index (χ4v) is 9.05. The summed E-state index contributed by atoms with van der Waals surface area (Å²) in [6.07, 6.45) is 0. The van der Waals surface area contributed by atoms with Crippen LogP contribution in [0.25, 0.3) is 0 Å². The van der Waals surface area contributed by atoms with Gasteiger partial charge < -0.3 is 45.1 Å². The number of amides is 2. The molecule has 0 aliphatic rings. The van der Waals surface area contributed by atoms with Gasteiger partial charge in [0.25, 0.3) is 11.8 Å². The van der Waals surface area contributed by atoms with Crippen molar-refractivity contribution in [3.05, 3.63) is 70.4 Å². The molecule has 0 spiro atoms. The van der Waals surface area contributed by atoms with Gasteiger partial charge in [0, 0.05) is 26.3 Å². The van der Waals surface area contributed by atoms with Crippen LogP contribution in [0.1, 0.15) is 48.4 Å². The Hall–Kier alpha value is -3.93. The molecule has 0 unspecified atom stereocenters. The van der Waals surface area contributed by atoms with Gasteiger partial charge in [0.2, 0.25) is 0 Å². The van der Waals surface area contributed by atoms with Crippen LogP contribution in [0.2, 0.25) is 0 Å². The summed E-state index contributed by atoms with van der Waals surface area (Å²) in [7, 11) is 0. The van der Waals surface area contributed by atoms with Gasteiger partial charge in [0.05, 0.1) is 50.4 Å². The van der Waals surface area contributed by atoms with Crippen molar-refractivity contribution in [2.75, 3.05) is 78.8 Å². The predicted octanol–water partition coefficient (Wildman–Crippen LogP) is 5.45. The van der Waals surface area contributed by atoms with Gasteiger partial charge in [0.15, 0.2) is 0 Å². The highest BCUT2D eigenvalue weighted by atomic mass is 127. The molecule has 0 aliphatic heterocycles. The topological polar surface area (TPSA) is 196 Å². The fourth-order valence-electron chi connectivity index (χ4n) is 4.91. The predicted molar refractivity (Wildman–Crippen MR) is 229 cm³/mol. The van der Waals surface area contributed by atoms with Crippen LogP contribution in [-0.2, 0) is 38.1 Å². The maximum Gasteiger partial charge on any atom is 0.325 e. The lowest BCUT2D eigenvalue weighted by molar-refractivity contribution is -0.144. The number of anilines is 5. The maximum atomic E-state index is 13.7. The van der Waals surface area contributed by atoms with Gasteiger partial charge in [-0.15, -0.1) is 0 Å². The molecule has 0 aromatic heterocycles. The van der Waals surface area contributed by atoms with E-state index in [-0.39, 0.29) is 69.4 Å². The molecule has 290 valence electrons. The van der Waals surface area contributed by atoms with E-state index in [4.69, 9.17) is 24.7 Å². The highest BCUT2D eigenvalue weighted by Crippen LogP contribution is 2.35. The van der Waals surface area contributed by atoms with E-state index in [1.165, 1.54) is 9.80 Å². The van der Waals surface area contributed by atoms with E-state index in [9.17, 15) is 28.8 Å². The lowest BCUT2D eigenvalue weighted by atomic mass is 10.1. The third kappa shape index (κ3) is 12.6. The second-order valence-electron chi connectivity index (χ2n) is 11.0. The van der Waals surface area contributed by atoms with E-state index in [1.807, 2.05) is 67.8 Å². The molecule has 0 saturated heterocycles. The Kier molecular flexibility index (Phi) is 18.0. The van der Waals surface area contributed by atoms with Gasteiger partial charge >= 0.3 is 23.9 Å². The number of carbonyl (C=O) groups is 6. The van der Waals surface area contributed by atoms with Crippen molar-refractivity contribution in [2.45, 2.75) is 27.7 Å². The minimum atomic E-state index is -0.517. The molecule has 0 bridgehead atoms. The summed E-state index contributed by atoms with van der Waals surface area (Å²) < 4.78 is 21.5. The molecule has 4 N–H and O–H groups in total. The van der Waals surface area contributed by atoms with Crippen molar-refractivity contribution in [3.63, 3.8) is 0 Å². The van der Waals surface area contributed by atoms with Crippen LogP contribution in [0.5, 0.6) is 0 Å². The van der Waals surface area contributed by atoms with Crippen molar-refractivity contribution in [1.29, 1.82) is 0 Å². The number of hydrogen-bond acceptors (Lipinski definition) is 13. The zero-order valence-electron chi connectivity index (χ0n) is 30.0. The first-order valence-electron chi connectivity index (χ1n) is 16.6. The second-order valence-corrected chi connectivity index (χ2v) is 14.3. The van der Waals surface area contributed by atoms with Crippen LogP contribution in [0.4, 0.5) is 28.4 Å². The molecule has 2 amide bonds. The first kappa shape index (κ1) is 44.5. The molecule has 3 rings (SSSR count). The Morgan fingerprint density at radius 3 is 1.06 bits per heavy atom. The Bertz CT molecular complexity index is 1670. The Morgan fingerprint density at radius 2 is 0.796 bits per heavy atom. The number of nitrogens with two attached hydrogens (primary N) is 1. The Balaban J connectivity index is 1.84. The van der Waals surface area contributed by atoms with Crippen molar-refractivity contribution in [3.8, 4) is 0 Å². The zero-order chi connectivity index (χ0) is 39.9. The molecule has 3 aromatic carbocycles. The highest BCUT2D eigenvalue weighted by molar-refractivity contribution is 14.1. The van der Waals surface area contributed by atoms with E-state index in [1.54, 1.807) is 76.2 Å². The molecule has 0 heterocycles. The van der Waals surface area contributed by atoms with E-state index in [2.05, 4.69) is 10.6 Å². The van der Waals surface area contributed by atoms with Gasteiger partial charge in [-0.1, -0.05) is 0 Å². The van der Waals surface area contributed by atoms with Gasteiger partial charge in [-0.25, -0.2) is 0 Å². The molecule has 0 atom stereocenters. The minimum absolute atomic E-state index is 0.185. The number of carbonyl (C=O) groups excluding carboxylic acids is 6. The van der Waals surface area contributed by atoms with Crippen LogP contribution < -0.4 is 26.2 Å². The Morgan fingerprint density at radius 1 is 0.519 bits per heavy atom. The molecule has 15 nitrogen and oxygen atoms in total. The molecule has 3 aromatic rings. The zero-order valence-corrected chi connectivity index (χ0v) is 36.4. The third-order valence-electron chi connectivity index (χ3n) is 7.29. The summed E-state index contributed by atoms with van der Waals surface area (Å²) in [5.41, 5.74) is 8.92. The second kappa shape index (κ2) is 21.8. The summed E-state index contributed by atoms with van der Waals surface area (Å²) in [4.78, 5) is 79.4. The normalized spacial score (nSPS) is 10.5. The molecule has 0 aliphatic carbocycles. The Labute approximate surface area is 353 Å². The number of nitrogen functional groups attached to an aromatic ring is 1. The number of nitrogens with one attached hydrogen (secondary N) is 2. The van der Waals surface area contributed by atoms with Crippen LogP contribution in [0, 0.1) is 10.7 Å². The summed E-state index contributed by atoms with van der Waals surface area (Å²) in [5.74, 6) is -3.09. The molecule has 54 heavy (non-hydrogen) atoms. The molecular formula is C36H40I3N5O10. The lowest BCUT2D eigenvalue weighted by Crippen LogP contribution is -2.36. The van der Waals surface area contributed by atoms with Crippen molar-refractivity contribution >= 4 is 132 Å². The molecule has 18 heteroatoms. The maximum absolute atomic E-state index is 13.7. The van der Waals surface area contributed by atoms with Crippen molar-refractivity contribution in [2.24, 2.45) is 0 Å². The highest BCUT2D eigenvalue weighted by Gasteiger charge is 2.27. The van der Waals surface area contributed by atoms with Gasteiger partial charge in [-0.05, 0) is 144 Å². The van der Waals surface area contributed by atoms with Gasteiger partial charge in [-0.2, -0.15) is 0 Å². The fraction of sp³-hybridized carbons (Fsp3) is 0.333. The third-order valence-corrected chi connectivity index (χ3v) is 10.6. The smallest absolute Gasteiger partial charge is 0.325 e. The summed E-state index contributed by atoms with van der Waals surface area (Å²) in [6.45, 7) is 6.75. The van der Waals surface area contributed by atoms with Crippen LogP contribution in [0.15, 0.2) is 48.5 Å². The number of ether oxygens (including phenoxy) is 4. The molecule has 0 fully saturated rings. The lowest BCUT2D eigenvalue weighted by Gasteiger charge is -2.23. The van der Waals surface area contributed by atoms with E-state index in [0.717, 1.165) is 0 Å². The molecular weight excluding hydrogens is 1040 g/mol. The average molecular weight is 1080 g/mol. The number of rotatable bonds is 18. The average Bonchev–Trinajstić information content (AvgIpc) is 3.11. The number of halogens is 3. The van der Waals surface area contributed by atoms with E-state index in [0.29, 0.717) is 33.5 Å². The van der Waals surface area contributed by atoms with Crippen LogP contribution in [-0.4, -0.2) is 88.3 Å². The summed E-state index contributed by atoms with van der Waals surface area (Å²) in [5, 5.41) is 5.68. The van der Waals surface area contributed by atoms with Crippen LogP contribution in [0.3, 0.4) is 0 Å². The van der Waals surface area contributed by atoms with Gasteiger partial charge in [0.1, 0.15) is 26.2 Å². The largest absolute Gasteiger partial charge is 0.465 e. The summed E-state index contributed by atoms with van der Waals surface area (Å²) >= 11 is 5.89. The number of benzene rings is 3. The van der Waals surface area contributed by atoms with Crippen LogP contribution >= 0.6 is 67.8 Å². The number of nitrogens with zero attached hydrogens (tertiary/aromatic N) is 2. The quantitative estimate of drug-likeness (QED) is 0.0631. The first-order chi connectivity index (χ1) is 25.7. The molecule has 0 radical (unpaired) electrons. The van der Waals surface area contributed by atoms with Crippen molar-refractivity contribution in [1.82, 2.24) is 0 Å². The SMILES string of the molecule is CCOC(=O)CN(CC(=O)OCC)c1ccc(NC(=O)c2c(I)c(N)c(I)c(C(=O)Nc3ccc(N(CC(=O)OCC)CC(=O)OCC)cc3)c2I)cc1. The molecule has 0 saturated carbocycles. The summed E-state index contributed by atoms with van der Waals surface area (Å²) in [6, 6.07) is 13.0. The van der Waals surface area contributed by atoms with Gasteiger partial charge in [-0.3, -0.25) is 28.8 Å². The van der Waals surface area contributed by atoms with Crippen molar-refractivity contribution < 1.29 is 47.7 Å².